The zero-order chi connectivity index (χ0) is 14.7. The Labute approximate surface area is 117 Å². The maximum absolute atomic E-state index is 12.5. The molecule has 0 fully saturated rings. The SMILES string of the molecule is CCN(C(=O)c1ccn(C)c(=O)c1)c1ccccc1N. The Hall–Kier alpha value is -2.56. The summed E-state index contributed by atoms with van der Waals surface area (Å²) >= 11 is 0. The Bertz CT molecular complexity index is 692. The zero-order valence-electron chi connectivity index (χ0n) is 11.5. The minimum absolute atomic E-state index is 0.215. The molecule has 0 unspecified atom stereocenters. The van der Waals surface area contributed by atoms with Crippen LogP contribution < -0.4 is 16.2 Å². The summed E-state index contributed by atoms with van der Waals surface area (Å²) in [5, 5.41) is 0. The van der Waals surface area contributed by atoms with E-state index < -0.39 is 0 Å². The summed E-state index contributed by atoms with van der Waals surface area (Å²) in [6.07, 6.45) is 1.58. The van der Waals surface area contributed by atoms with E-state index in [1.54, 1.807) is 36.3 Å². The molecule has 1 heterocycles. The number of rotatable bonds is 3. The van der Waals surface area contributed by atoms with Crippen molar-refractivity contribution in [2.75, 3.05) is 17.2 Å². The van der Waals surface area contributed by atoms with Crippen LogP contribution in [0.25, 0.3) is 0 Å². The van der Waals surface area contributed by atoms with Crippen LogP contribution in [0.4, 0.5) is 11.4 Å². The minimum atomic E-state index is -0.233. The lowest BCUT2D eigenvalue weighted by molar-refractivity contribution is 0.0988. The largest absolute Gasteiger partial charge is 0.397 e. The average Bonchev–Trinajstić information content (AvgIpc) is 2.44. The summed E-state index contributed by atoms with van der Waals surface area (Å²) in [5.74, 6) is -0.233. The van der Waals surface area contributed by atoms with Gasteiger partial charge in [0.15, 0.2) is 0 Å². The van der Waals surface area contributed by atoms with E-state index in [1.165, 1.54) is 10.6 Å². The molecule has 0 aliphatic carbocycles. The molecule has 20 heavy (non-hydrogen) atoms. The van der Waals surface area contributed by atoms with Crippen molar-refractivity contribution < 1.29 is 4.79 Å². The molecule has 1 aromatic carbocycles. The van der Waals surface area contributed by atoms with Crippen molar-refractivity contribution in [2.45, 2.75) is 6.92 Å². The number of hydrogen-bond acceptors (Lipinski definition) is 3. The number of anilines is 2. The second kappa shape index (κ2) is 5.61. The highest BCUT2D eigenvalue weighted by molar-refractivity contribution is 6.07. The van der Waals surface area contributed by atoms with Crippen LogP contribution in [0, 0.1) is 0 Å². The van der Waals surface area contributed by atoms with Crippen LogP contribution in [0.2, 0.25) is 0 Å². The number of carbonyl (C=O) groups excluding carboxylic acids is 1. The first kappa shape index (κ1) is 13.9. The molecule has 0 saturated carbocycles. The van der Waals surface area contributed by atoms with E-state index in [1.807, 2.05) is 19.1 Å². The summed E-state index contributed by atoms with van der Waals surface area (Å²) in [6.45, 7) is 2.34. The molecule has 0 saturated heterocycles. The van der Waals surface area contributed by atoms with Gasteiger partial charge in [0, 0.05) is 31.4 Å². The van der Waals surface area contributed by atoms with Gasteiger partial charge >= 0.3 is 0 Å². The van der Waals surface area contributed by atoms with Crippen molar-refractivity contribution in [2.24, 2.45) is 7.05 Å². The van der Waals surface area contributed by atoms with Gasteiger partial charge in [0.25, 0.3) is 11.5 Å². The predicted octanol–water partition coefficient (Wildman–Crippen LogP) is 1.63. The highest BCUT2D eigenvalue weighted by atomic mass is 16.2. The van der Waals surface area contributed by atoms with Gasteiger partial charge in [-0.1, -0.05) is 12.1 Å². The molecular formula is C15H17N3O2. The molecule has 2 aromatic rings. The van der Waals surface area contributed by atoms with Crippen LogP contribution in [0.1, 0.15) is 17.3 Å². The minimum Gasteiger partial charge on any atom is -0.397 e. The Morgan fingerprint density at radius 3 is 2.60 bits per heavy atom. The average molecular weight is 271 g/mol. The van der Waals surface area contributed by atoms with Crippen molar-refractivity contribution in [3.8, 4) is 0 Å². The van der Waals surface area contributed by atoms with Crippen molar-refractivity contribution in [1.29, 1.82) is 0 Å². The maximum Gasteiger partial charge on any atom is 0.258 e. The summed E-state index contributed by atoms with van der Waals surface area (Å²) in [6, 6.07) is 10.1. The molecule has 1 amide bonds. The third kappa shape index (κ3) is 2.56. The fraction of sp³-hybridized carbons (Fsp3) is 0.200. The number of pyridine rings is 1. The van der Waals surface area contributed by atoms with Crippen molar-refractivity contribution in [3.05, 3.63) is 58.5 Å². The molecule has 5 heteroatoms. The standard InChI is InChI=1S/C15H17N3O2/c1-3-18(13-7-5-4-6-12(13)16)15(20)11-8-9-17(2)14(19)10-11/h4-10H,3,16H2,1-2H3. The van der Waals surface area contributed by atoms with Crippen LogP contribution in [-0.2, 0) is 7.05 Å². The lowest BCUT2D eigenvalue weighted by Crippen LogP contribution is -2.32. The zero-order valence-corrected chi connectivity index (χ0v) is 11.5. The number of nitrogen functional groups attached to an aromatic ring is 1. The summed E-state index contributed by atoms with van der Waals surface area (Å²) in [5.41, 5.74) is 7.24. The highest BCUT2D eigenvalue weighted by Crippen LogP contribution is 2.23. The first-order valence-corrected chi connectivity index (χ1v) is 6.37. The van der Waals surface area contributed by atoms with E-state index in [0.29, 0.717) is 23.5 Å². The third-order valence-electron chi connectivity index (χ3n) is 3.14. The molecule has 104 valence electrons. The van der Waals surface area contributed by atoms with E-state index in [2.05, 4.69) is 0 Å². The van der Waals surface area contributed by atoms with Crippen LogP contribution in [-0.4, -0.2) is 17.0 Å². The summed E-state index contributed by atoms with van der Waals surface area (Å²) in [7, 11) is 1.64. The number of hydrogen-bond donors (Lipinski definition) is 1. The van der Waals surface area contributed by atoms with Crippen LogP contribution in [0.15, 0.2) is 47.4 Å². The second-order valence-electron chi connectivity index (χ2n) is 4.47. The Morgan fingerprint density at radius 2 is 2.00 bits per heavy atom. The van der Waals surface area contributed by atoms with Gasteiger partial charge in [-0.05, 0) is 25.1 Å². The molecule has 0 atom stereocenters. The smallest absolute Gasteiger partial charge is 0.258 e. The number of nitrogens with zero attached hydrogens (tertiary/aromatic N) is 2. The van der Waals surface area contributed by atoms with Crippen molar-refractivity contribution in [3.63, 3.8) is 0 Å². The van der Waals surface area contributed by atoms with Gasteiger partial charge < -0.3 is 15.2 Å². The maximum atomic E-state index is 12.5. The van der Waals surface area contributed by atoms with Gasteiger partial charge in [0.05, 0.1) is 11.4 Å². The van der Waals surface area contributed by atoms with E-state index in [-0.39, 0.29) is 11.5 Å². The number of aromatic nitrogens is 1. The number of benzene rings is 1. The van der Waals surface area contributed by atoms with Gasteiger partial charge in [-0.2, -0.15) is 0 Å². The lowest BCUT2D eigenvalue weighted by Gasteiger charge is -2.22. The van der Waals surface area contributed by atoms with E-state index >= 15 is 0 Å². The molecule has 2 rings (SSSR count). The van der Waals surface area contributed by atoms with Crippen molar-refractivity contribution in [1.82, 2.24) is 4.57 Å². The van der Waals surface area contributed by atoms with Gasteiger partial charge in [0.1, 0.15) is 0 Å². The fourth-order valence-electron chi connectivity index (χ4n) is 1.99. The Morgan fingerprint density at radius 1 is 1.30 bits per heavy atom. The molecule has 2 N–H and O–H groups in total. The molecule has 0 bridgehead atoms. The Balaban J connectivity index is 2.42. The van der Waals surface area contributed by atoms with E-state index in [4.69, 9.17) is 5.73 Å². The topological polar surface area (TPSA) is 68.3 Å². The summed E-state index contributed by atoms with van der Waals surface area (Å²) < 4.78 is 1.42. The number of nitrogens with two attached hydrogens (primary N) is 1. The fourth-order valence-corrected chi connectivity index (χ4v) is 1.99. The second-order valence-corrected chi connectivity index (χ2v) is 4.47. The molecular weight excluding hydrogens is 254 g/mol. The van der Waals surface area contributed by atoms with E-state index in [9.17, 15) is 9.59 Å². The lowest BCUT2D eigenvalue weighted by atomic mass is 10.2. The molecule has 0 aliphatic rings. The van der Waals surface area contributed by atoms with Crippen LogP contribution >= 0.6 is 0 Å². The number of para-hydroxylation sites is 2. The van der Waals surface area contributed by atoms with Crippen LogP contribution in [0.5, 0.6) is 0 Å². The molecule has 1 aromatic heterocycles. The van der Waals surface area contributed by atoms with Gasteiger partial charge in [-0.15, -0.1) is 0 Å². The van der Waals surface area contributed by atoms with Gasteiger partial charge in [-0.3, -0.25) is 9.59 Å². The highest BCUT2D eigenvalue weighted by Gasteiger charge is 2.18. The molecule has 5 nitrogen and oxygen atoms in total. The first-order chi connectivity index (χ1) is 9.54. The molecule has 0 aliphatic heterocycles. The normalized spacial score (nSPS) is 10.3. The molecule has 0 radical (unpaired) electrons. The van der Waals surface area contributed by atoms with E-state index in [0.717, 1.165) is 0 Å². The number of carbonyl (C=O) groups is 1. The molecule has 0 spiro atoms. The number of amides is 1. The quantitative estimate of drug-likeness (QED) is 0.863. The van der Waals surface area contributed by atoms with Gasteiger partial charge in [0.2, 0.25) is 0 Å². The monoisotopic (exact) mass is 271 g/mol. The third-order valence-corrected chi connectivity index (χ3v) is 3.14. The number of aryl methyl sites for hydroxylation is 1. The predicted molar refractivity (Wildman–Crippen MR) is 79.9 cm³/mol. The first-order valence-electron chi connectivity index (χ1n) is 6.37. The van der Waals surface area contributed by atoms with Crippen LogP contribution in [0.3, 0.4) is 0 Å². The van der Waals surface area contributed by atoms with Gasteiger partial charge in [-0.25, -0.2) is 0 Å². The summed E-state index contributed by atoms with van der Waals surface area (Å²) in [4.78, 5) is 25.7. The van der Waals surface area contributed by atoms with Crippen molar-refractivity contribution >= 4 is 17.3 Å². The Kier molecular flexibility index (Phi) is 3.89.